The van der Waals surface area contributed by atoms with Crippen LogP contribution in [0.2, 0.25) is 0 Å². The Morgan fingerprint density at radius 3 is 2.94 bits per heavy atom. The maximum absolute atomic E-state index is 11.9. The highest BCUT2D eigenvalue weighted by molar-refractivity contribution is 5.89. The van der Waals surface area contributed by atoms with Crippen molar-refractivity contribution in [1.29, 1.82) is 0 Å². The van der Waals surface area contributed by atoms with E-state index in [1.54, 1.807) is 6.92 Å². The van der Waals surface area contributed by atoms with Crippen LogP contribution in [-0.2, 0) is 14.3 Å². The number of rotatable bonds is 3. The molecule has 0 radical (unpaired) electrons. The largest absolute Gasteiger partial charge is 0.466 e. The van der Waals surface area contributed by atoms with Crippen LogP contribution < -0.4 is 5.32 Å². The third-order valence-electron chi connectivity index (χ3n) is 3.85. The number of hydrogen-bond acceptors (Lipinski definition) is 4. The van der Waals surface area contributed by atoms with E-state index in [1.807, 2.05) is 0 Å². The van der Waals surface area contributed by atoms with Gasteiger partial charge in [-0.1, -0.05) is 12.8 Å². The molecule has 2 aliphatic rings. The van der Waals surface area contributed by atoms with Gasteiger partial charge in [0.2, 0.25) is 0 Å². The Morgan fingerprint density at radius 1 is 1.41 bits per heavy atom. The first-order chi connectivity index (χ1) is 8.20. The molecule has 0 aromatic carbocycles. The summed E-state index contributed by atoms with van der Waals surface area (Å²) in [7, 11) is 0. The Balaban J connectivity index is 1.90. The van der Waals surface area contributed by atoms with Crippen LogP contribution >= 0.6 is 0 Å². The number of hydrogen-bond donors (Lipinski definition) is 1. The van der Waals surface area contributed by atoms with Crippen molar-refractivity contribution in [3.8, 4) is 0 Å². The average Bonchev–Trinajstić information content (AvgIpc) is 2.30. The van der Waals surface area contributed by atoms with Gasteiger partial charge in [-0.05, 0) is 25.7 Å². The van der Waals surface area contributed by atoms with Crippen molar-refractivity contribution in [2.75, 3.05) is 6.61 Å². The van der Waals surface area contributed by atoms with E-state index in [9.17, 15) is 9.59 Å². The van der Waals surface area contributed by atoms with Gasteiger partial charge in [-0.25, -0.2) is 0 Å². The Labute approximate surface area is 102 Å². The van der Waals surface area contributed by atoms with Crippen LogP contribution in [-0.4, -0.2) is 30.4 Å². The molecule has 0 unspecified atom stereocenters. The third-order valence-corrected chi connectivity index (χ3v) is 3.85. The van der Waals surface area contributed by atoms with Gasteiger partial charge >= 0.3 is 5.97 Å². The van der Waals surface area contributed by atoms with Gasteiger partial charge in [-0.15, -0.1) is 0 Å². The van der Waals surface area contributed by atoms with Crippen LogP contribution in [0, 0.1) is 5.92 Å². The lowest BCUT2D eigenvalue weighted by Crippen LogP contribution is -2.54. The number of Topliss-reactive ketones (excluding diaryl/α,β-unsaturated/α-hetero) is 1. The normalized spacial score (nSPS) is 33.0. The molecule has 0 aromatic rings. The summed E-state index contributed by atoms with van der Waals surface area (Å²) in [6.45, 7) is 2.16. The Morgan fingerprint density at radius 2 is 2.18 bits per heavy atom. The molecule has 0 amide bonds. The zero-order chi connectivity index (χ0) is 12.3. The van der Waals surface area contributed by atoms with Crippen LogP contribution in [0.15, 0.2) is 0 Å². The number of ketones is 1. The van der Waals surface area contributed by atoms with Crippen LogP contribution in [0.3, 0.4) is 0 Å². The first kappa shape index (κ1) is 12.6. The summed E-state index contributed by atoms with van der Waals surface area (Å²) < 4.78 is 4.90. The molecule has 17 heavy (non-hydrogen) atoms. The number of esters is 1. The quantitative estimate of drug-likeness (QED) is 0.757. The fourth-order valence-electron chi connectivity index (χ4n) is 2.98. The lowest BCUT2D eigenvalue weighted by Gasteiger charge is -2.39. The van der Waals surface area contributed by atoms with Crippen LogP contribution in [0.5, 0.6) is 0 Å². The van der Waals surface area contributed by atoms with E-state index < -0.39 is 0 Å². The summed E-state index contributed by atoms with van der Waals surface area (Å²) >= 11 is 0. The summed E-state index contributed by atoms with van der Waals surface area (Å²) in [6, 6.07) is 0.120. The molecule has 1 aliphatic carbocycles. The minimum Gasteiger partial charge on any atom is -0.466 e. The van der Waals surface area contributed by atoms with Crippen molar-refractivity contribution in [2.45, 2.75) is 57.5 Å². The zero-order valence-electron chi connectivity index (χ0n) is 10.4. The van der Waals surface area contributed by atoms with Crippen molar-refractivity contribution in [3.05, 3.63) is 0 Å². The van der Waals surface area contributed by atoms with E-state index in [0.29, 0.717) is 25.0 Å². The zero-order valence-corrected chi connectivity index (χ0v) is 10.4. The molecule has 4 nitrogen and oxygen atoms in total. The van der Waals surface area contributed by atoms with Crippen LogP contribution in [0.1, 0.15) is 45.4 Å². The topological polar surface area (TPSA) is 55.4 Å². The van der Waals surface area contributed by atoms with Gasteiger partial charge in [0.05, 0.1) is 19.1 Å². The summed E-state index contributed by atoms with van der Waals surface area (Å²) in [4.78, 5) is 23.3. The minimum atomic E-state index is -0.312. The van der Waals surface area contributed by atoms with Gasteiger partial charge in [-0.2, -0.15) is 0 Å². The maximum atomic E-state index is 11.9. The van der Waals surface area contributed by atoms with E-state index in [1.165, 1.54) is 12.8 Å². The predicted octanol–water partition coefficient (Wildman–Crippen LogP) is 1.43. The van der Waals surface area contributed by atoms with Crippen molar-refractivity contribution < 1.29 is 14.3 Å². The Bertz CT molecular complexity index is 303. The highest BCUT2D eigenvalue weighted by atomic mass is 16.5. The molecule has 4 heteroatoms. The average molecular weight is 239 g/mol. The highest BCUT2D eigenvalue weighted by Gasteiger charge is 2.37. The van der Waals surface area contributed by atoms with Crippen molar-refractivity contribution in [3.63, 3.8) is 0 Å². The summed E-state index contributed by atoms with van der Waals surface area (Å²) in [5.41, 5.74) is 0. The van der Waals surface area contributed by atoms with Gasteiger partial charge in [0.1, 0.15) is 0 Å². The van der Waals surface area contributed by atoms with E-state index in [-0.39, 0.29) is 24.2 Å². The van der Waals surface area contributed by atoms with E-state index in [4.69, 9.17) is 4.74 Å². The third kappa shape index (κ3) is 3.06. The molecule has 2 fully saturated rings. The molecule has 1 heterocycles. The molecule has 3 atom stereocenters. The van der Waals surface area contributed by atoms with E-state index in [2.05, 4.69) is 5.32 Å². The SMILES string of the molecule is CCOC(=O)C[C@H]1N[C@H]2CCCC[C@@H]2CC1=O. The second kappa shape index (κ2) is 5.63. The Kier molecular flexibility index (Phi) is 4.15. The first-order valence-corrected chi connectivity index (χ1v) is 6.65. The molecule has 0 aromatic heterocycles. The molecule has 96 valence electrons. The smallest absolute Gasteiger partial charge is 0.307 e. The number of ether oxygens (including phenoxy) is 1. The lowest BCUT2D eigenvalue weighted by atomic mass is 9.77. The minimum absolute atomic E-state index is 0.182. The fraction of sp³-hybridized carbons (Fsp3) is 0.846. The van der Waals surface area contributed by atoms with Gasteiger partial charge in [0.15, 0.2) is 5.78 Å². The number of carbonyl (C=O) groups is 2. The van der Waals surface area contributed by atoms with Crippen molar-refractivity contribution in [1.82, 2.24) is 5.32 Å². The molecular weight excluding hydrogens is 218 g/mol. The van der Waals surface area contributed by atoms with Crippen LogP contribution in [0.25, 0.3) is 0 Å². The second-order valence-corrected chi connectivity index (χ2v) is 5.05. The predicted molar refractivity (Wildman–Crippen MR) is 63.5 cm³/mol. The standard InChI is InChI=1S/C13H21NO3/c1-2-17-13(16)8-11-12(15)7-9-5-3-4-6-10(9)14-11/h9-11,14H,2-8H2,1H3/t9-,10+,11-/m1/s1. The summed E-state index contributed by atoms with van der Waals surface area (Å²) in [5, 5.41) is 3.34. The monoisotopic (exact) mass is 239 g/mol. The van der Waals surface area contributed by atoms with Crippen molar-refractivity contribution in [2.24, 2.45) is 5.92 Å². The maximum Gasteiger partial charge on any atom is 0.307 e. The number of carbonyl (C=O) groups excluding carboxylic acids is 2. The number of nitrogens with one attached hydrogen (secondary N) is 1. The molecular formula is C13H21NO3. The summed E-state index contributed by atoms with van der Waals surface area (Å²) in [6.07, 6.45) is 5.58. The second-order valence-electron chi connectivity index (χ2n) is 5.05. The molecule has 1 saturated heterocycles. The van der Waals surface area contributed by atoms with Gasteiger partial charge in [-0.3, -0.25) is 9.59 Å². The van der Waals surface area contributed by atoms with Gasteiger partial charge in [0, 0.05) is 12.5 Å². The Hall–Kier alpha value is -0.900. The number of fused-ring (bicyclic) bond motifs is 1. The highest BCUT2D eigenvalue weighted by Crippen LogP contribution is 2.31. The summed E-state index contributed by atoms with van der Waals surface area (Å²) in [5.74, 6) is 0.406. The lowest BCUT2D eigenvalue weighted by molar-refractivity contribution is -0.146. The van der Waals surface area contributed by atoms with Gasteiger partial charge in [0.25, 0.3) is 0 Å². The van der Waals surface area contributed by atoms with Gasteiger partial charge < -0.3 is 10.1 Å². The van der Waals surface area contributed by atoms with E-state index >= 15 is 0 Å². The molecule has 1 N–H and O–H groups in total. The fourth-order valence-corrected chi connectivity index (χ4v) is 2.98. The molecule has 1 saturated carbocycles. The number of piperidine rings is 1. The van der Waals surface area contributed by atoms with Crippen molar-refractivity contribution >= 4 is 11.8 Å². The molecule has 2 rings (SSSR count). The molecule has 0 spiro atoms. The molecule has 1 aliphatic heterocycles. The molecule has 0 bridgehead atoms. The van der Waals surface area contributed by atoms with Crippen LogP contribution in [0.4, 0.5) is 0 Å². The van der Waals surface area contributed by atoms with E-state index in [0.717, 1.165) is 12.8 Å². The first-order valence-electron chi connectivity index (χ1n) is 6.65.